The molecule has 0 saturated heterocycles. The van der Waals surface area contributed by atoms with Crippen molar-refractivity contribution in [1.29, 1.82) is 5.26 Å². The lowest BCUT2D eigenvalue weighted by atomic mass is 10.0. The molecule has 5 nitrogen and oxygen atoms in total. The van der Waals surface area contributed by atoms with E-state index in [2.05, 4.69) is 10.4 Å². The number of benzene rings is 1. The van der Waals surface area contributed by atoms with Crippen molar-refractivity contribution in [3.05, 3.63) is 47.3 Å². The van der Waals surface area contributed by atoms with Crippen LogP contribution in [-0.4, -0.2) is 15.7 Å². The number of carbonyl (C=O) groups excluding carboxylic acids is 1. The largest absolute Gasteiger partial charge is 0.419 e. The maximum Gasteiger partial charge on any atom is 0.419 e. The summed E-state index contributed by atoms with van der Waals surface area (Å²) < 4.78 is 77.7. The van der Waals surface area contributed by atoms with Gasteiger partial charge in [-0.25, -0.2) is 0 Å². The number of nitrogens with zero attached hydrogens (tertiary/aromatic N) is 3. The molecule has 0 unspecified atom stereocenters. The minimum atomic E-state index is -4.81. The van der Waals surface area contributed by atoms with Gasteiger partial charge < -0.3 is 5.32 Å². The molecule has 1 aromatic heterocycles. The monoisotopic (exact) mass is 390 g/mol. The molecule has 0 spiro atoms. The van der Waals surface area contributed by atoms with Crippen LogP contribution in [0.1, 0.15) is 30.5 Å². The summed E-state index contributed by atoms with van der Waals surface area (Å²) in [7, 11) is 0. The molecule has 27 heavy (non-hydrogen) atoms. The number of hydrogen-bond donors (Lipinski definition) is 1. The number of nitriles is 1. The van der Waals surface area contributed by atoms with E-state index in [1.807, 2.05) is 0 Å². The molecule has 2 rings (SSSR count). The minimum Gasteiger partial charge on any atom is -0.324 e. The molecule has 144 valence electrons. The van der Waals surface area contributed by atoms with Gasteiger partial charge in [-0.15, -0.1) is 0 Å². The van der Waals surface area contributed by atoms with E-state index in [0.29, 0.717) is 18.5 Å². The van der Waals surface area contributed by atoms with E-state index in [4.69, 9.17) is 5.26 Å². The summed E-state index contributed by atoms with van der Waals surface area (Å²) >= 11 is 0. The van der Waals surface area contributed by atoms with E-state index in [9.17, 15) is 31.1 Å². The molecule has 0 aliphatic carbocycles. The van der Waals surface area contributed by atoms with Gasteiger partial charge in [-0.3, -0.25) is 9.48 Å². The van der Waals surface area contributed by atoms with Crippen LogP contribution in [0.4, 0.5) is 32.0 Å². The summed E-state index contributed by atoms with van der Waals surface area (Å²) in [5.41, 5.74) is -4.82. The fraction of sp³-hybridized carbons (Fsp3) is 0.312. The van der Waals surface area contributed by atoms with E-state index in [-0.39, 0.29) is 5.69 Å². The minimum absolute atomic E-state index is 0.261. The fourth-order valence-corrected chi connectivity index (χ4v) is 2.12. The number of halogens is 6. The van der Waals surface area contributed by atoms with Gasteiger partial charge >= 0.3 is 12.4 Å². The molecule has 0 aliphatic heterocycles. The molecule has 11 heteroatoms. The highest BCUT2D eigenvalue weighted by molar-refractivity contribution is 5.96. The molecule has 0 radical (unpaired) electrons. The first-order valence-electron chi connectivity index (χ1n) is 7.32. The lowest BCUT2D eigenvalue weighted by Crippen LogP contribution is -2.40. The molecule has 0 atom stereocenters. The molecule has 0 fully saturated rings. The van der Waals surface area contributed by atoms with Crippen LogP contribution in [0.25, 0.3) is 0 Å². The van der Waals surface area contributed by atoms with Crippen molar-refractivity contribution >= 4 is 11.6 Å². The Morgan fingerprint density at radius 2 is 1.78 bits per heavy atom. The van der Waals surface area contributed by atoms with Gasteiger partial charge in [0.05, 0.1) is 29.0 Å². The summed E-state index contributed by atoms with van der Waals surface area (Å²) in [6, 6.07) is 3.96. The normalized spacial score (nSPS) is 12.6. The van der Waals surface area contributed by atoms with Crippen LogP contribution in [-0.2, 0) is 22.7 Å². The van der Waals surface area contributed by atoms with Crippen molar-refractivity contribution in [2.75, 3.05) is 5.32 Å². The Balaban J connectivity index is 2.31. The number of carbonyl (C=O) groups is 1. The molecule has 1 N–H and O–H groups in total. The standard InChI is InChI=1S/C16H12F6N4O/c1-14(2,26-8-10(7-24-26)15(17,18)19)13(27)25-11-4-3-9(6-23)12(5-11)16(20,21)22/h3-5,7-8H,1-2H3,(H,25,27). The van der Waals surface area contributed by atoms with Crippen LogP contribution in [0.3, 0.4) is 0 Å². The molecule has 1 heterocycles. The molecule has 1 amide bonds. The summed E-state index contributed by atoms with van der Waals surface area (Å²) in [5.74, 6) is -0.892. The highest BCUT2D eigenvalue weighted by Crippen LogP contribution is 2.34. The van der Waals surface area contributed by atoms with Crippen molar-refractivity contribution in [1.82, 2.24) is 9.78 Å². The molecule has 0 bridgehead atoms. The van der Waals surface area contributed by atoms with Crippen molar-refractivity contribution in [2.45, 2.75) is 31.7 Å². The predicted octanol–water partition coefficient (Wildman–Crippen LogP) is 4.17. The first-order chi connectivity index (χ1) is 12.3. The molecule has 2 aromatic rings. The molecule has 0 aliphatic rings. The van der Waals surface area contributed by atoms with Crippen LogP contribution in [0.5, 0.6) is 0 Å². The summed E-state index contributed by atoms with van der Waals surface area (Å²) in [4.78, 5) is 12.4. The van der Waals surface area contributed by atoms with Gasteiger partial charge in [-0.1, -0.05) is 0 Å². The number of alkyl halides is 6. The average molecular weight is 390 g/mol. The van der Waals surface area contributed by atoms with Crippen molar-refractivity contribution in [2.24, 2.45) is 0 Å². The second kappa shape index (κ2) is 6.61. The summed E-state index contributed by atoms with van der Waals surface area (Å²) in [6.45, 7) is 2.51. The average Bonchev–Trinajstić information content (AvgIpc) is 3.05. The van der Waals surface area contributed by atoms with Crippen LogP contribution in [0, 0.1) is 11.3 Å². The van der Waals surface area contributed by atoms with Crippen LogP contribution >= 0.6 is 0 Å². The number of amides is 1. The Morgan fingerprint density at radius 1 is 1.15 bits per heavy atom. The Labute approximate surface area is 149 Å². The summed E-state index contributed by atoms with van der Waals surface area (Å²) in [5, 5.41) is 14.5. The lowest BCUT2D eigenvalue weighted by molar-refractivity contribution is -0.138. The van der Waals surface area contributed by atoms with Crippen LogP contribution in [0.15, 0.2) is 30.6 Å². The van der Waals surface area contributed by atoms with Gasteiger partial charge in [-0.2, -0.15) is 36.7 Å². The smallest absolute Gasteiger partial charge is 0.324 e. The molecule has 1 aromatic carbocycles. The Morgan fingerprint density at radius 3 is 2.26 bits per heavy atom. The maximum absolute atomic E-state index is 13.0. The zero-order chi connectivity index (χ0) is 20.6. The first-order valence-corrected chi connectivity index (χ1v) is 7.32. The van der Waals surface area contributed by atoms with Crippen molar-refractivity contribution in [3.63, 3.8) is 0 Å². The molecular formula is C16H12F6N4O. The van der Waals surface area contributed by atoms with Gasteiger partial charge in [-0.05, 0) is 32.0 Å². The number of aromatic nitrogens is 2. The highest BCUT2D eigenvalue weighted by Gasteiger charge is 2.37. The topological polar surface area (TPSA) is 70.7 Å². The van der Waals surface area contributed by atoms with E-state index < -0.39 is 40.5 Å². The quantitative estimate of drug-likeness (QED) is 0.800. The third-order valence-electron chi connectivity index (χ3n) is 3.74. The van der Waals surface area contributed by atoms with E-state index in [0.717, 1.165) is 16.8 Å². The highest BCUT2D eigenvalue weighted by atomic mass is 19.4. The number of nitrogens with one attached hydrogen (secondary N) is 1. The van der Waals surface area contributed by atoms with E-state index in [1.54, 1.807) is 0 Å². The lowest BCUT2D eigenvalue weighted by Gasteiger charge is -2.24. The number of hydrogen-bond acceptors (Lipinski definition) is 3. The Bertz CT molecular complexity index is 905. The predicted molar refractivity (Wildman–Crippen MR) is 81.3 cm³/mol. The van der Waals surface area contributed by atoms with Crippen molar-refractivity contribution in [3.8, 4) is 6.07 Å². The number of anilines is 1. The molecule has 0 saturated carbocycles. The second-order valence-corrected chi connectivity index (χ2v) is 6.05. The molecular weight excluding hydrogens is 378 g/mol. The van der Waals surface area contributed by atoms with Gasteiger partial charge in [0.25, 0.3) is 5.91 Å². The van der Waals surface area contributed by atoms with E-state index in [1.165, 1.54) is 19.9 Å². The zero-order valence-electron chi connectivity index (χ0n) is 13.9. The summed E-state index contributed by atoms with van der Waals surface area (Å²) in [6.07, 6.45) is -8.30. The van der Waals surface area contributed by atoms with Crippen LogP contribution in [0.2, 0.25) is 0 Å². The van der Waals surface area contributed by atoms with Gasteiger partial charge in [0.15, 0.2) is 0 Å². The Kier molecular flexibility index (Phi) is 4.96. The Hall–Kier alpha value is -3.03. The van der Waals surface area contributed by atoms with Crippen molar-refractivity contribution < 1.29 is 31.1 Å². The third-order valence-corrected chi connectivity index (χ3v) is 3.74. The van der Waals surface area contributed by atoms with Crippen LogP contribution < -0.4 is 5.32 Å². The fourth-order valence-electron chi connectivity index (χ4n) is 2.12. The van der Waals surface area contributed by atoms with E-state index >= 15 is 0 Å². The second-order valence-electron chi connectivity index (χ2n) is 6.05. The maximum atomic E-state index is 13.0. The zero-order valence-corrected chi connectivity index (χ0v) is 13.9. The first kappa shape index (κ1) is 20.3. The third kappa shape index (κ3) is 4.21. The van der Waals surface area contributed by atoms with Gasteiger partial charge in [0, 0.05) is 11.9 Å². The number of rotatable bonds is 3. The van der Waals surface area contributed by atoms with Gasteiger partial charge in [0.2, 0.25) is 0 Å². The SMILES string of the molecule is CC(C)(C(=O)Nc1ccc(C#N)c(C(F)(F)F)c1)n1cc(C(F)(F)F)cn1. The van der Waals surface area contributed by atoms with Gasteiger partial charge in [0.1, 0.15) is 5.54 Å².